The minimum absolute atomic E-state index is 0.690. The van der Waals surface area contributed by atoms with E-state index in [0.29, 0.717) is 12.0 Å². The Morgan fingerprint density at radius 2 is 1.91 bits per heavy atom. The normalized spacial score (nSPS) is 16.7. The maximum Gasteiger partial charge on any atom is 0.0705 e. The Morgan fingerprint density at radius 3 is 2.68 bits per heavy atom. The van der Waals surface area contributed by atoms with Crippen LogP contribution < -0.4 is 5.32 Å². The molecule has 0 bridgehead atoms. The van der Waals surface area contributed by atoms with E-state index in [9.17, 15) is 0 Å². The van der Waals surface area contributed by atoms with Gasteiger partial charge in [-0.15, -0.1) is 0 Å². The molecule has 22 heavy (non-hydrogen) atoms. The van der Waals surface area contributed by atoms with Crippen molar-refractivity contribution in [2.24, 2.45) is 5.92 Å². The number of fused-ring (bicyclic) bond motifs is 1. The van der Waals surface area contributed by atoms with Crippen molar-refractivity contribution < 1.29 is 0 Å². The molecular formula is C19H27N3. The molecule has 0 spiro atoms. The highest BCUT2D eigenvalue weighted by atomic mass is 15.2. The van der Waals surface area contributed by atoms with Crippen LogP contribution in [0.15, 0.2) is 36.4 Å². The van der Waals surface area contributed by atoms with Crippen LogP contribution in [0.1, 0.15) is 32.4 Å². The predicted molar refractivity (Wildman–Crippen MR) is 92.9 cm³/mol. The molecule has 0 unspecified atom stereocenters. The molecule has 1 N–H and O–H groups in total. The zero-order valence-electron chi connectivity index (χ0n) is 13.8. The van der Waals surface area contributed by atoms with Crippen molar-refractivity contribution in [3.63, 3.8) is 0 Å². The van der Waals surface area contributed by atoms with Crippen LogP contribution in [-0.2, 0) is 6.54 Å². The van der Waals surface area contributed by atoms with Gasteiger partial charge in [0.2, 0.25) is 0 Å². The highest BCUT2D eigenvalue weighted by molar-refractivity contribution is 5.78. The summed E-state index contributed by atoms with van der Waals surface area (Å²) in [6.45, 7) is 9.02. The molecule has 1 aromatic heterocycles. The van der Waals surface area contributed by atoms with E-state index in [1.807, 2.05) is 0 Å². The molecule has 0 radical (unpaired) electrons. The van der Waals surface area contributed by atoms with Gasteiger partial charge in [-0.1, -0.05) is 38.1 Å². The Morgan fingerprint density at radius 1 is 1.14 bits per heavy atom. The Hall–Kier alpha value is -1.45. The van der Waals surface area contributed by atoms with Crippen molar-refractivity contribution in [2.45, 2.75) is 39.3 Å². The smallest absolute Gasteiger partial charge is 0.0705 e. The van der Waals surface area contributed by atoms with Gasteiger partial charge in [-0.2, -0.15) is 0 Å². The average Bonchev–Trinajstić information content (AvgIpc) is 2.54. The Balaban J connectivity index is 1.77. The van der Waals surface area contributed by atoms with Crippen molar-refractivity contribution in [3.8, 4) is 0 Å². The molecule has 2 heterocycles. The van der Waals surface area contributed by atoms with Gasteiger partial charge in [0.25, 0.3) is 0 Å². The SMILES string of the molecule is CC(C)CN(Cc1ccc2ccccc2n1)C1CCNCC1. The summed E-state index contributed by atoms with van der Waals surface area (Å²) < 4.78 is 0. The van der Waals surface area contributed by atoms with Crippen LogP contribution in [0.2, 0.25) is 0 Å². The first kappa shape index (κ1) is 15.4. The average molecular weight is 297 g/mol. The van der Waals surface area contributed by atoms with E-state index in [-0.39, 0.29) is 0 Å². The number of nitrogens with zero attached hydrogens (tertiary/aromatic N) is 2. The van der Waals surface area contributed by atoms with Gasteiger partial charge >= 0.3 is 0 Å². The summed E-state index contributed by atoms with van der Waals surface area (Å²) in [6, 6.07) is 13.5. The molecule has 3 rings (SSSR count). The van der Waals surface area contributed by atoms with Crippen molar-refractivity contribution >= 4 is 10.9 Å². The lowest BCUT2D eigenvalue weighted by atomic mass is 10.0. The minimum Gasteiger partial charge on any atom is -0.317 e. The van der Waals surface area contributed by atoms with E-state index in [2.05, 4.69) is 60.5 Å². The second kappa shape index (κ2) is 7.21. The molecule has 0 saturated carbocycles. The summed E-state index contributed by atoms with van der Waals surface area (Å²) in [6.07, 6.45) is 2.50. The molecule has 1 aliphatic heterocycles. The summed E-state index contributed by atoms with van der Waals surface area (Å²) in [4.78, 5) is 7.50. The Labute approximate surface area is 133 Å². The second-order valence-electron chi connectivity index (χ2n) is 6.80. The largest absolute Gasteiger partial charge is 0.317 e. The van der Waals surface area contributed by atoms with Crippen molar-refractivity contribution in [3.05, 3.63) is 42.1 Å². The van der Waals surface area contributed by atoms with Crippen LogP contribution in [-0.4, -0.2) is 35.6 Å². The molecule has 0 aliphatic carbocycles. The lowest BCUT2D eigenvalue weighted by molar-refractivity contribution is 0.136. The van der Waals surface area contributed by atoms with Crippen molar-refractivity contribution in [2.75, 3.05) is 19.6 Å². The molecular weight excluding hydrogens is 270 g/mol. The van der Waals surface area contributed by atoms with Crippen LogP contribution in [0, 0.1) is 5.92 Å². The lowest BCUT2D eigenvalue weighted by Crippen LogP contribution is -2.44. The van der Waals surface area contributed by atoms with Gasteiger partial charge in [-0.25, -0.2) is 0 Å². The Kier molecular flexibility index (Phi) is 5.06. The monoisotopic (exact) mass is 297 g/mol. The fourth-order valence-electron chi connectivity index (χ4n) is 3.39. The molecule has 1 aromatic carbocycles. The predicted octanol–water partition coefficient (Wildman–Crippen LogP) is 3.44. The highest BCUT2D eigenvalue weighted by Crippen LogP contribution is 2.18. The number of benzene rings is 1. The van der Waals surface area contributed by atoms with Crippen LogP contribution in [0.3, 0.4) is 0 Å². The Bertz CT molecular complexity index is 602. The first-order valence-corrected chi connectivity index (χ1v) is 8.52. The number of hydrogen-bond acceptors (Lipinski definition) is 3. The molecule has 1 fully saturated rings. The fourth-order valence-corrected chi connectivity index (χ4v) is 3.39. The van der Waals surface area contributed by atoms with Gasteiger partial charge in [0.1, 0.15) is 0 Å². The third-order valence-electron chi connectivity index (χ3n) is 4.45. The summed E-state index contributed by atoms with van der Waals surface area (Å²) in [5.74, 6) is 0.690. The van der Waals surface area contributed by atoms with Crippen molar-refractivity contribution in [1.82, 2.24) is 15.2 Å². The number of aromatic nitrogens is 1. The van der Waals surface area contributed by atoms with E-state index < -0.39 is 0 Å². The van der Waals surface area contributed by atoms with Gasteiger partial charge in [0, 0.05) is 24.5 Å². The third kappa shape index (κ3) is 3.84. The summed E-state index contributed by atoms with van der Waals surface area (Å²) in [5, 5.41) is 4.69. The molecule has 0 atom stereocenters. The quantitative estimate of drug-likeness (QED) is 0.916. The number of nitrogens with one attached hydrogen (secondary N) is 1. The van der Waals surface area contributed by atoms with Gasteiger partial charge in [0.15, 0.2) is 0 Å². The van der Waals surface area contributed by atoms with Gasteiger partial charge in [0.05, 0.1) is 11.2 Å². The van der Waals surface area contributed by atoms with E-state index >= 15 is 0 Å². The van der Waals surface area contributed by atoms with Gasteiger partial charge in [-0.3, -0.25) is 9.88 Å². The van der Waals surface area contributed by atoms with E-state index in [4.69, 9.17) is 4.98 Å². The van der Waals surface area contributed by atoms with Crippen molar-refractivity contribution in [1.29, 1.82) is 0 Å². The number of pyridine rings is 1. The minimum atomic E-state index is 0.690. The zero-order valence-corrected chi connectivity index (χ0v) is 13.8. The van der Waals surface area contributed by atoms with Crippen LogP contribution >= 0.6 is 0 Å². The van der Waals surface area contributed by atoms with Crippen LogP contribution in [0.4, 0.5) is 0 Å². The number of piperidine rings is 1. The molecule has 3 nitrogen and oxygen atoms in total. The van der Waals surface area contributed by atoms with E-state index in [1.54, 1.807) is 0 Å². The fraction of sp³-hybridized carbons (Fsp3) is 0.526. The highest BCUT2D eigenvalue weighted by Gasteiger charge is 2.22. The molecule has 1 saturated heterocycles. The number of rotatable bonds is 5. The second-order valence-corrected chi connectivity index (χ2v) is 6.80. The van der Waals surface area contributed by atoms with Crippen LogP contribution in [0.5, 0.6) is 0 Å². The van der Waals surface area contributed by atoms with Gasteiger partial charge < -0.3 is 5.32 Å². The van der Waals surface area contributed by atoms with Crippen LogP contribution in [0.25, 0.3) is 10.9 Å². The van der Waals surface area contributed by atoms with E-state index in [0.717, 1.165) is 31.7 Å². The maximum atomic E-state index is 4.86. The number of hydrogen-bond donors (Lipinski definition) is 1. The molecule has 118 valence electrons. The summed E-state index contributed by atoms with van der Waals surface area (Å²) in [7, 11) is 0. The molecule has 2 aromatic rings. The molecule has 3 heteroatoms. The standard InChI is InChI=1S/C19H27N3/c1-15(2)13-22(18-9-11-20-12-10-18)14-17-8-7-16-5-3-4-6-19(16)21-17/h3-8,15,18,20H,9-14H2,1-2H3. The third-order valence-corrected chi connectivity index (χ3v) is 4.45. The number of para-hydroxylation sites is 1. The first-order valence-electron chi connectivity index (χ1n) is 8.52. The first-order chi connectivity index (χ1) is 10.7. The summed E-state index contributed by atoms with van der Waals surface area (Å²) >= 11 is 0. The van der Waals surface area contributed by atoms with Gasteiger partial charge in [-0.05, 0) is 44.0 Å². The zero-order chi connectivity index (χ0) is 15.4. The lowest BCUT2D eigenvalue weighted by Gasteiger charge is -2.35. The topological polar surface area (TPSA) is 28.2 Å². The summed E-state index contributed by atoms with van der Waals surface area (Å²) in [5.41, 5.74) is 2.30. The maximum absolute atomic E-state index is 4.86. The molecule has 1 aliphatic rings. The van der Waals surface area contributed by atoms with E-state index in [1.165, 1.54) is 23.9 Å². The molecule has 0 amide bonds.